The van der Waals surface area contributed by atoms with Crippen LogP contribution in [0.15, 0.2) is 22.7 Å². The fourth-order valence-electron chi connectivity index (χ4n) is 2.20. The molecule has 0 aliphatic rings. The Morgan fingerprint density at radius 2 is 2.19 bits per heavy atom. The first-order valence-electron chi connectivity index (χ1n) is 6.74. The average Bonchev–Trinajstić information content (AvgIpc) is 2.63. The molecule has 1 heterocycles. The summed E-state index contributed by atoms with van der Waals surface area (Å²) in [6.45, 7) is 4.22. The van der Waals surface area contributed by atoms with E-state index in [0.29, 0.717) is 11.6 Å². The third kappa shape index (κ3) is 3.78. The van der Waals surface area contributed by atoms with Crippen LogP contribution in [0.5, 0.6) is 5.75 Å². The molecule has 0 bridgehead atoms. The number of aryl methyl sites for hydroxylation is 2. The number of nitrogens with two attached hydrogens (primary N) is 1. The molecule has 2 N–H and O–H groups in total. The van der Waals surface area contributed by atoms with E-state index in [1.165, 1.54) is 0 Å². The van der Waals surface area contributed by atoms with Gasteiger partial charge in [0.1, 0.15) is 12.4 Å². The molecule has 0 fully saturated rings. The second-order valence-corrected chi connectivity index (χ2v) is 6.40. The highest BCUT2D eigenvalue weighted by Crippen LogP contribution is 2.31. The lowest BCUT2D eigenvalue weighted by Crippen LogP contribution is -2.18. The van der Waals surface area contributed by atoms with Crippen LogP contribution in [0.2, 0.25) is 5.02 Å². The van der Waals surface area contributed by atoms with Crippen LogP contribution in [-0.4, -0.2) is 15.8 Å². The molecule has 114 valence electrons. The van der Waals surface area contributed by atoms with Gasteiger partial charge < -0.3 is 10.5 Å². The quantitative estimate of drug-likeness (QED) is 0.872. The van der Waals surface area contributed by atoms with Gasteiger partial charge in [-0.3, -0.25) is 4.68 Å². The first-order valence-corrected chi connectivity index (χ1v) is 7.91. The van der Waals surface area contributed by atoms with E-state index in [1.54, 1.807) is 4.68 Å². The Balaban J connectivity index is 2.23. The number of para-hydroxylation sites is 1. The number of hydrogen-bond donors (Lipinski definition) is 1. The summed E-state index contributed by atoms with van der Waals surface area (Å²) >= 11 is 9.78. The zero-order chi connectivity index (χ0) is 15.6. The molecule has 0 aliphatic carbocycles. The third-order valence-electron chi connectivity index (χ3n) is 3.21. The lowest BCUT2D eigenvalue weighted by atomic mass is 10.1. The summed E-state index contributed by atoms with van der Waals surface area (Å²) in [5.41, 5.74) is 8.64. The van der Waals surface area contributed by atoms with Gasteiger partial charge in [0, 0.05) is 13.1 Å². The summed E-state index contributed by atoms with van der Waals surface area (Å²) < 4.78 is 8.64. The monoisotopic (exact) mass is 371 g/mol. The van der Waals surface area contributed by atoms with Gasteiger partial charge >= 0.3 is 0 Å². The summed E-state index contributed by atoms with van der Waals surface area (Å²) in [4.78, 5) is 0. The predicted molar refractivity (Wildman–Crippen MR) is 88.8 cm³/mol. The van der Waals surface area contributed by atoms with Crippen molar-refractivity contribution in [2.24, 2.45) is 12.8 Å². The van der Waals surface area contributed by atoms with Crippen LogP contribution in [0.3, 0.4) is 0 Å². The number of benzene rings is 1. The second-order valence-electron chi connectivity index (χ2n) is 5.17. The molecule has 2 rings (SSSR count). The van der Waals surface area contributed by atoms with Crippen LogP contribution >= 0.6 is 27.5 Å². The van der Waals surface area contributed by atoms with E-state index in [4.69, 9.17) is 22.1 Å². The van der Waals surface area contributed by atoms with E-state index in [0.717, 1.165) is 33.6 Å². The Bertz CT molecular complexity index is 640. The summed E-state index contributed by atoms with van der Waals surface area (Å²) in [5.74, 6) is 0.810. The maximum absolute atomic E-state index is 6.25. The molecule has 2 aromatic rings. The van der Waals surface area contributed by atoms with Crippen molar-refractivity contribution in [2.75, 3.05) is 0 Å². The number of halogens is 2. The van der Waals surface area contributed by atoms with Crippen molar-refractivity contribution in [3.05, 3.63) is 44.6 Å². The SMILES string of the molecule is Cc1nn(C)c(COc2c(Br)cccc2CC(C)N)c1Cl. The van der Waals surface area contributed by atoms with E-state index < -0.39 is 0 Å². The van der Waals surface area contributed by atoms with Crippen LogP contribution in [0, 0.1) is 6.92 Å². The molecule has 4 nitrogen and oxygen atoms in total. The number of rotatable bonds is 5. The zero-order valence-electron chi connectivity index (χ0n) is 12.4. The van der Waals surface area contributed by atoms with Gasteiger partial charge in [0.2, 0.25) is 0 Å². The van der Waals surface area contributed by atoms with Crippen LogP contribution in [0.1, 0.15) is 23.9 Å². The molecule has 21 heavy (non-hydrogen) atoms. The van der Waals surface area contributed by atoms with E-state index in [1.807, 2.05) is 39.1 Å². The molecule has 0 spiro atoms. The molecule has 0 aliphatic heterocycles. The average molecular weight is 373 g/mol. The molecule has 0 radical (unpaired) electrons. The van der Waals surface area contributed by atoms with Crippen molar-refractivity contribution in [1.82, 2.24) is 9.78 Å². The first kappa shape index (κ1) is 16.3. The van der Waals surface area contributed by atoms with E-state index in [9.17, 15) is 0 Å². The van der Waals surface area contributed by atoms with Crippen molar-refractivity contribution in [1.29, 1.82) is 0 Å². The van der Waals surface area contributed by atoms with Gasteiger partial charge in [0.05, 0.1) is 20.9 Å². The van der Waals surface area contributed by atoms with Crippen molar-refractivity contribution in [3.63, 3.8) is 0 Å². The molecular weight excluding hydrogens is 354 g/mol. The first-order chi connectivity index (χ1) is 9.90. The highest BCUT2D eigenvalue weighted by Gasteiger charge is 2.14. The van der Waals surface area contributed by atoms with Gasteiger partial charge in [-0.2, -0.15) is 5.10 Å². The number of ether oxygens (including phenoxy) is 1. The fraction of sp³-hybridized carbons (Fsp3) is 0.400. The predicted octanol–water partition coefficient (Wildman–Crippen LogP) is 3.61. The van der Waals surface area contributed by atoms with Crippen LogP contribution < -0.4 is 10.5 Å². The Morgan fingerprint density at radius 1 is 1.48 bits per heavy atom. The molecule has 0 saturated heterocycles. The topological polar surface area (TPSA) is 53.1 Å². The van der Waals surface area contributed by atoms with E-state index in [-0.39, 0.29) is 6.04 Å². The summed E-state index contributed by atoms with van der Waals surface area (Å²) in [5, 5.41) is 4.94. The molecular formula is C15H19BrClN3O. The van der Waals surface area contributed by atoms with Crippen LogP contribution in [-0.2, 0) is 20.1 Å². The van der Waals surface area contributed by atoms with Gasteiger partial charge in [-0.1, -0.05) is 23.7 Å². The largest absolute Gasteiger partial charge is 0.486 e. The molecule has 1 aromatic heterocycles. The Labute approximate surface area is 138 Å². The van der Waals surface area contributed by atoms with Crippen molar-refractivity contribution in [3.8, 4) is 5.75 Å². The van der Waals surface area contributed by atoms with Crippen LogP contribution in [0.4, 0.5) is 0 Å². The minimum absolute atomic E-state index is 0.0733. The van der Waals surface area contributed by atoms with E-state index in [2.05, 4.69) is 21.0 Å². The van der Waals surface area contributed by atoms with Gasteiger partial charge in [-0.15, -0.1) is 0 Å². The van der Waals surface area contributed by atoms with Crippen molar-refractivity contribution in [2.45, 2.75) is 32.9 Å². The van der Waals surface area contributed by atoms with Gasteiger partial charge in [0.25, 0.3) is 0 Å². The van der Waals surface area contributed by atoms with Gasteiger partial charge in [-0.05, 0) is 47.8 Å². The minimum atomic E-state index is 0.0733. The van der Waals surface area contributed by atoms with Crippen LogP contribution in [0.25, 0.3) is 0 Å². The summed E-state index contributed by atoms with van der Waals surface area (Å²) in [7, 11) is 1.86. The highest BCUT2D eigenvalue weighted by molar-refractivity contribution is 9.10. The van der Waals surface area contributed by atoms with E-state index >= 15 is 0 Å². The molecule has 1 unspecified atom stereocenters. The smallest absolute Gasteiger partial charge is 0.137 e. The minimum Gasteiger partial charge on any atom is -0.486 e. The van der Waals surface area contributed by atoms with Crippen molar-refractivity contribution < 1.29 is 4.74 Å². The number of hydrogen-bond acceptors (Lipinski definition) is 3. The Morgan fingerprint density at radius 3 is 2.76 bits per heavy atom. The maximum Gasteiger partial charge on any atom is 0.137 e. The lowest BCUT2D eigenvalue weighted by Gasteiger charge is -2.15. The van der Waals surface area contributed by atoms with Crippen molar-refractivity contribution >= 4 is 27.5 Å². The standard InChI is InChI=1S/C15H19BrClN3O/c1-9(18)7-11-5-4-6-12(16)15(11)21-8-13-14(17)10(2)19-20(13)3/h4-6,9H,7-8,18H2,1-3H3. The fourth-order valence-corrected chi connectivity index (χ4v) is 2.94. The molecule has 0 saturated carbocycles. The highest BCUT2D eigenvalue weighted by atomic mass is 79.9. The number of aromatic nitrogens is 2. The third-order valence-corrected chi connectivity index (χ3v) is 4.32. The Hall–Kier alpha value is -1.04. The lowest BCUT2D eigenvalue weighted by molar-refractivity contribution is 0.289. The maximum atomic E-state index is 6.25. The normalized spacial score (nSPS) is 12.5. The summed E-state index contributed by atoms with van der Waals surface area (Å²) in [6.07, 6.45) is 0.757. The molecule has 1 aromatic carbocycles. The molecule has 6 heteroatoms. The second kappa shape index (κ2) is 6.81. The Kier molecular flexibility index (Phi) is 5.30. The van der Waals surface area contributed by atoms with Gasteiger partial charge in [0.15, 0.2) is 0 Å². The number of nitrogens with zero attached hydrogens (tertiary/aromatic N) is 2. The summed E-state index contributed by atoms with van der Waals surface area (Å²) in [6, 6.07) is 6.04. The molecule has 1 atom stereocenters. The molecule has 0 amide bonds. The van der Waals surface area contributed by atoms with Gasteiger partial charge in [-0.25, -0.2) is 0 Å². The zero-order valence-corrected chi connectivity index (χ0v) is 14.7.